The zero-order valence-electron chi connectivity index (χ0n) is 37.9. The van der Waals surface area contributed by atoms with Crippen molar-refractivity contribution in [3.05, 3.63) is 0 Å². The third kappa shape index (κ3) is 30.3. The van der Waals surface area contributed by atoms with Gasteiger partial charge in [0.05, 0.1) is 19.6 Å². The van der Waals surface area contributed by atoms with E-state index in [0.29, 0.717) is 31.5 Å². The first-order chi connectivity index (χ1) is 30.2. The van der Waals surface area contributed by atoms with Crippen molar-refractivity contribution in [1.29, 1.82) is 0 Å². The van der Waals surface area contributed by atoms with Crippen LogP contribution in [0, 0.1) is 0 Å². The molecule has 8 N–H and O–H groups in total. The second-order valence-electron chi connectivity index (χ2n) is 16.7. The van der Waals surface area contributed by atoms with Crippen molar-refractivity contribution in [2.24, 2.45) is 0 Å². The van der Waals surface area contributed by atoms with Crippen LogP contribution in [-0.2, 0) is 55.6 Å². The number of aliphatic hydroxyl groups excluding tert-OH is 3. The third-order valence-corrected chi connectivity index (χ3v) is 12.8. The number of hydrogen-bond donors (Lipinski definition) is 8. The molecule has 20 nitrogen and oxygen atoms in total. The maximum atomic E-state index is 13.1. The standard InChI is InChI=1S/C41H79O20P3/c1-3-5-6-7-8-9-10-11-12-15-18-21-24-28-34(43)58-33(30-35(44)56-29-25-22-19-16-13-14-17-20-23-27-32(42)26-4-2)31-57-64(54,55)61-39-36(45)37(46)40(59-62(48,49)50)41(38(39)47)60-63(51,52)53/h33,36-41,45-47H,3-31H2,1-2H3,(H,54,55)(H2,48,49,50)(H2,51,52,53)/t33-,36?,37+,38-,39?,40?,41-/m1/s1. The Bertz CT molecular complexity index is 1420. The van der Waals surface area contributed by atoms with E-state index in [-0.39, 0.29) is 13.0 Å². The van der Waals surface area contributed by atoms with Gasteiger partial charge in [-0.15, -0.1) is 0 Å². The summed E-state index contributed by atoms with van der Waals surface area (Å²) in [7, 11) is -16.6. The van der Waals surface area contributed by atoms with E-state index in [4.69, 9.17) is 18.5 Å². The van der Waals surface area contributed by atoms with Gasteiger partial charge in [-0.05, 0) is 25.7 Å². The number of Topliss-reactive ketones (excluding diaryl/α,β-unsaturated/α-hetero) is 1. The number of esters is 2. The molecule has 0 aromatic heterocycles. The second kappa shape index (κ2) is 34.2. The lowest BCUT2D eigenvalue weighted by molar-refractivity contribution is -0.213. The number of unbranched alkanes of at least 4 members (excludes halogenated alkanes) is 20. The molecule has 0 radical (unpaired) electrons. The van der Waals surface area contributed by atoms with Gasteiger partial charge in [0.1, 0.15) is 48.5 Å². The fourth-order valence-corrected chi connectivity index (χ4v) is 9.47. The normalized spacial score (nSPS) is 21.9. The summed E-state index contributed by atoms with van der Waals surface area (Å²) < 4.78 is 65.3. The Morgan fingerprint density at radius 1 is 0.484 bits per heavy atom. The van der Waals surface area contributed by atoms with Crippen molar-refractivity contribution < 1.29 is 95.4 Å². The van der Waals surface area contributed by atoms with Crippen molar-refractivity contribution in [1.82, 2.24) is 0 Å². The maximum Gasteiger partial charge on any atom is 0.472 e. The summed E-state index contributed by atoms with van der Waals surface area (Å²) in [6, 6.07) is 0. The molecule has 0 aromatic rings. The van der Waals surface area contributed by atoms with E-state index in [1.807, 2.05) is 6.92 Å². The average Bonchev–Trinajstić information content (AvgIpc) is 3.20. The van der Waals surface area contributed by atoms with Gasteiger partial charge in [0, 0.05) is 19.3 Å². The molecule has 64 heavy (non-hydrogen) atoms. The fraction of sp³-hybridized carbons (Fsp3) is 0.927. The molecule has 1 aliphatic carbocycles. The lowest BCUT2D eigenvalue weighted by Crippen LogP contribution is -2.65. The number of hydrogen-bond acceptors (Lipinski definition) is 15. The average molecular weight is 985 g/mol. The van der Waals surface area contributed by atoms with Gasteiger partial charge in [0.25, 0.3) is 0 Å². The topological polar surface area (TPSA) is 320 Å². The van der Waals surface area contributed by atoms with Crippen LogP contribution in [0.4, 0.5) is 0 Å². The van der Waals surface area contributed by atoms with Crippen LogP contribution in [0.25, 0.3) is 0 Å². The molecular formula is C41H79O20P3. The molecule has 1 saturated carbocycles. The van der Waals surface area contributed by atoms with Crippen LogP contribution in [0.5, 0.6) is 0 Å². The van der Waals surface area contributed by atoms with Crippen LogP contribution in [0.2, 0.25) is 0 Å². The molecule has 0 spiro atoms. The Balaban J connectivity index is 2.75. The molecule has 0 bridgehead atoms. The Kier molecular flexibility index (Phi) is 32.5. The van der Waals surface area contributed by atoms with E-state index in [1.165, 1.54) is 44.9 Å². The van der Waals surface area contributed by atoms with Gasteiger partial charge in [-0.1, -0.05) is 136 Å². The molecule has 0 amide bonds. The van der Waals surface area contributed by atoms with E-state index in [2.05, 4.69) is 16.0 Å². The first kappa shape index (κ1) is 60.8. The van der Waals surface area contributed by atoms with Crippen molar-refractivity contribution in [2.45, 2.75) is 230 Å². The van der Waals surface area contributed by atoms with E-state index in [9.17, 15) is 67.9 Å². The zero-order valence-corrected chi connectivity index (χ0v) is 40.5. The predicted molar refractivity (Wildman–Crippen MR) is 234 cm³/mol. The first-order valence-electron chi connectivity index (χ1n) is 23.2. The smallest absolute Gasteiger partial charge is 0.466 e. The number of ketones is 1. The molecule has 4 unspecified atom stereocenters. The Hall–Kier alpha value is -1.18. The molecule has 23 heteroatoms. The Labute approximate surface area is 378 Å². The highest BCUT2D eigenvalue weighted by Gasteiger charge is 2.56. The summed E-state index contributed by atoms with van der Waals surface area (Å²) in [4.78, 5) is 84.9. The number of aliphatic hydroxyl groups is 3. The van der Waals surface area contributed by atoms with Gasteiger partial charge in [0.15, 0.2) is 0 Å². The molecule has 378 valence electrons. The van der Waals surface area contributed by atoms with Crippen LogP contribution in [0.1, 0.15) is 187 Å². The number of phosphoric acid groups is 3. The van der Waals surface area contributed by atoms with Crippen molar-refractivity contribution in [3.8, 4) is 0 Å². The molecule has 0 aromatic carbocycles. The van der Waals surface area contributed by atoms with Crippen LogP contribution >= 0.6 is 23.5 Å². The van der Waals surface area contributed by atoms with Gasteiger partial charge < -0.3 is 49.3 Å². The number of rotatable bonds is 40. The van der Waals surface area contributed by atoms with Crippen molar-refractivity contribution in [2.75, 3.05) is 13.2 Å². The van der Waals surface area contributed by atoms with Crippen LogP contribution < -0.4 is 0 Å². The monoisotopic (exact) mass is 984 g/mol. The highest BCUT2D eigenvalue weighted by atomic mass is 31.2. The molecule has 0 saturated heterocycles. The van der Waals surface area contributed by atoms with Crippen LogP contribution in [0.3, 0.4) is 0 Å². The SMILES string of the molecule is CCCCCCCCCCCCCCCC(=O)O[C@@H](COP(=O)(O)OC1C(O)[C@H](O)C(OP(=O)(O)O)[C@H](OP(=O)(O)O)[C@@H]1O)CC(=O)OCCCCCCCCCCCC(=O)CCC. The van der Waals surface area contributed by atoms with E-state index < -0.39 is 91.2 Å². The number of carbonyl (C=O) groups is 3. The van der Waals surface area contributed by atoms with Gasteiger partial charge in [-0.2, -0.15) is 0 Å². The molecule has 0 heterocycles. The van der Waals surface area contributed by atoms with Gasteiger partial charge in [-0.3, -0.25) is 32.5 Å². The molecule has 1 rings (SSSR count). The summed E-state index contributed by atoms with van der Waals surface area (Å²) in [6.45, 7) is 3.31. The van der Waals surface area contributed by atoms with Crippen LogP contribution in [0.15, 0.2) is 0 Å². The number of carbonyl (C=O) groups excluding carboxylic acids is 3. The quantitative estimate of drug-likeness (QED) is 0.0172. The minimum atomic E-state index is -5.61. The predicted octanol–water partition coefficient (Wildman–Crippen LogP) is 7.14. The lowest BCUT2D eigenvalue weighted by Gasteiger charge is -2.44. The fourth-order valence-electron chi connectivity index (χ4n) is 7.38. The summed E-state index contributed by atoms with van der Waals surface area (Å²) in [5.74, 6) is -1.20. The number of ether oxygens (including phenoxy) is 2. The van der Waals surface area contributed by atoms with Crippen molar-refractivity contribution in [3.63, 3.8) is 0 Å². The molecule has 1 aliphatic rings. The highest BCUT2D eigenvalue weighted by molar-refractivity contribution is 7.47. The summed E-state index contributed by atoms with van der Waals surface area (Å²) in [5.41, 5.74) is 0. The van der Waals surface area contributed by atoms with Gasteiger partial charge >= 0.3 is 35.4 Å². The van der Waals surface area contributed by atoms with E-state index in [0.717, 1.165) is 89.9 Å². The van der Waals surface area contributed by atoms with Crippen LogP contribution in [-0.4, -0.2) is 113 Å². The Morgan fingerprint density at radius 2 is 0.906 bits per heavy atom. The largest absolute Gasteiger partial charge is 0.472 e. The van der Waals surface area contributed by atoms with Crippen molar-refractivity contribution >= 4 is 41.2 Å². The molecule has 1 fully saturated rings. The summed E-state index contributed by atoms with van der Waals surface area (Å²) in [6.07, 6.45) is 7.71. The summed E-state index contributed by atoms with van der Waals surface area (Å²) in [5, 5.41) is 31.8. The second-order valence-corrected chi connectivity index (χ2v) is 20.5. The molecule has 0 aliphatic heterocycles. The molecule has 8 atom stereocenters. The van der Waals surface area contributed by atoms with E-state index >= 15 is 0 Å². The first-order valence-corrected chi connectivity index (χ1v) is 27.8. The van der Waals surface area contributed by atoms with Gasteiger partial charge in [-0.25, -0.2) is 13.7 Å². The number of phosphoric ester groups is 3. The molecular weight excluding hydrogens is 905 g/mol. The summed E-state index contributed by atoms with van der Waals surface area (Å²) >= 11 is 0. The zero-order chi connectivity index (χ0) is 48.0. The Morgan fingerprint density at radius 3 is 1.38 bits per heavy atom. The third-order valence-electron chi connectivity index (χ3n) is 10.8. The lowest BCUT2D eigenvalue weighted by atomic mass is 9.85. The minimum absolute atomic E-state index is 0.0214. The maximum absolute atomic E-state index is 13.1. The highest BCUT2D eigenvalue weighted by Crippen LogP contribution is 2.51. The van der Waals surface area contributed by atoms with E-state index in [1.54, 1.807) is 0 Å². The minimum Gasteiger partial charge on any atom is -0.466 e. The van der Waals surface area contributed by atoms with Gasteiger partial charge in [0.2, 0.25) is 0 Å².